The molecular formula is C21H18BrFN4O2S. The molecule has 3 aromatic rings. The maximum Gasteiger partial charge on any atom is 0.272 e. The van der Waals surface area contributed by atoms with Crippen molar-refractivity contribution >= 4 is 39.5 Å². The highest BCUT2D eigenvalue weighted by Gasteiger charge is 2.13. The molecule has 30 heavy (non-hydrogen) atoms. The Labute approximate surface area is 185 Å². The molecule has 0 atom stereocenters. The smallest absolute Gasteiger partial charge is 0.267 e. The van der Waals surface area contributed by atoms with Gasteiger partial charge in [-0.2, -0.15) is 0 Å². The summed E-state index contributed by atoms with van der Waals surface area (Å²) < 4.78 is 14.3. The second-order valence-electron chi connectivity index (χ2n) is 6.45. The van der Waals surface area contributed by atoms with Gasteiger partial charge in [0.15, 0.2) is 5.16 Å². The van der Waals surface area contributed by atoms with Gasteiger partial charge in [-0.25, -0.2) is 14.4 Å². The summed E-state index contributed by atoms with van der Waals surface area (Å²) in [4.78, 5) is 33.1. The average molecular weight is 489 g/mol. The van der Waals surface area contributed by atoms with Crippen LogP contribution in [0.5, 0.6) is 0 Å². The summed E-state index contributed by atoms with van der Waals surface area (Å²) in [6, 6.07) is 12.9. The number of carbonyl (C=O) groups excluding carboxylic acids is 2. The number of aryl methyl sites for hydroxylation is 2. The third-order valence-corrected chi connectivity index (χ3v) is 5.42. The van der Waals surface area contributed by atoms with E-state index >= 15 is 0 Å². The van der Waals surface area contributed by atoms with E-state index in [0.29, 0.717) is 20.9 Å². The highest BCUT2D eigenvalue weighted by molar-refractivity contribution is 9.10. The minimum absolute atomic E-state index is 0.167. The lowest BCUT2D eigenvalue weighted by molar-refractivity contribution is 0.0844. The molecule has 0 fully saturated rings. The van der Waals surface area contributed by atoms with Gasteiger partial charge in [0.25, 0.3) is 11.8 Å². The Hall–Kier alpha value is -2.78. The van der Waals surface area contributed by atoms with E-state index in [2.05, 4.69) is 36.7 Å². The Morgan fingerprint density at radius 1 is 0.967 bits per heavy atom. The van der Waals surface area contributed by atoms with Crippen molar-refractivity contribution in [2.24, 2.45) is 0 Å². The molecule has 0 aliphatic rings. The number of amides is 2. The zero-order valence-electron chi connectivity index (χ0n) is 16.2. The molecule has 0 saturated heterocycles. The number of nitrogens with zero attached hydrogens (tertiary/aromatic N) is 2. The van der Waals surface area contributed by atoms with Crippen molar-refractivity contribution in [3.8, 4) is 0 Å². The van der Waals surface area contributed by atoms with Crippen LogP contribution in [0.3, 0.4) is 0 Å². The van der Waals surface area contributed by atoms with Crippen LogP contribution in [0.2, 0.25) is 0 Å². The van der Waals surface area contributed by atoms with Crippen LogP contribution in [0.25, 0.3) is 0 Å². The second-order valence-corrected chi connectivity index (χ2v) is 8.31. The number of hydrazine groups is 1. The van der Waals surface area contributed by atoms with Crippen LogP contribution < -0.4 is 10.9 Å². The summed E-state index contributed by atoms with van der Waals surface area (Å²) in [5.41, 5.74) is 7.54. The lowest BCUT2D eigenvalue weighted by Crippen LogP contribution is -2.41. The van der Waals surface area contributed by atoms with E-state index in [0.717, 1.165) is 17.0 Å². The van der Waals surface area contributed by atoms with E-state index in [1.54, 1.807) is 18.2 Å². The molecule has 2 aromatic carbocycles. The molecule has 0 aliphatic heterocycles. The number of thioether (sulfide) groups is 1. The molecule has 0 spiro atoms. The van der Waals surface area contributed by atoms with Crippen LogP contribution in [0.1, 0.15) is 37.7 Å². The normalized spacial score (nSPS) is 10.5. The summed E-state index contributed by atoms with van der Waals surface area (Å²) in [6.45, 7) is 3.85. The van der Waals surface area contributed by atoms with Crippen LogP contribution in [0.4, 0.5) is 4.39 Å². The van der Waals surface area contributed by atoms with Gasteiger partial charge in [-0.05, 0) is 55.8 Å². The van der Waals surface area contributed by atoms with Gasteiger partial charge in [-0.15, -0.1) is 0 Å². The van der Waals surface area contributed by atoms with Gasteiger partial charge in [0.2, 0.25) is 0 Å². The minimum Gasteiger partial charge on any atom is -0.267 e. The molecule has 6 nitrogen and oxygen atoms in total. The molecule has 2 N–H and O–H groups in total. The van der Waals surface area contributed by atoms with Gasteiger partial charge in [0.1, 0.15) is 5.82 Å². The SMILES string of the molecule is Cc1cc(C)nc(SCc2ccc(C(=O)NNC(=O)c3ccc(Br)cc3F)cc2)n1. The standard InChI is InChI=1S/C21H18BrFN4O2S/c1-12-9-13(2)25-21(24-12)30-11-14-3-5-15(6-4-14)19(28)26-27-20(29)17-8-7-16(22)10-18(17)23/h3-10H,11H2,1-2H3,(H,26,28)(H,27,29). The van der Waals surface area contributed by atoms with Crippen molar-refractivity contribution in [3.63, 3.8) is 0 Å². The van der Waals surface area contributed by atoms with Gasteiger partial charge < -0.3 is 0 Å². The Balaban J connectivity index is 1.55. The first-order chi connectivity index (χ1) is 14.3. The largest absolute Gasteiger partial charge is 0.272 e. The molecule has 0 saturated carbocycles. The van der Waals surface area contributed by atoms with Crippen LogP contribution >= 0.6 is 27.7 Å². The molecule has 1 aromatic heterocycles. The zero-order chi connectivity index (χ0) is 21.7. The predicted octanol–water partition coefficient (Wildman–Crippen LogP) is 4.36. The van der Waals surface area contributed by atoms with E-state index < -0.39 is 17.6 Å². The number of aromatic nitrogens is 2. The van der Waals surface area contributed by atoms with Gasteiger partial charge >= 0.3 is 0 Å². The highest BCUT2D eigenvalue weighted by Crippen LogP contribution is 2.20. The van der Waals surface area contributed by atoms with E-state index in [4.69, 9.17) is 0 Å². The maximum atomic E-state index is 13.8. The van der Waals surface area contributed by atoms with Gasteiger partial charge in [-0.1, -0.05) is 39.8 Å². The first kappa shape index (κ1) is 21.9. The third-order valence-electron chi connectivity index (χ3n) is 4.01. The lowest BCUT2D eigenvalue weighted by atomic mass is 10.1. The summed E-state index contributed by atoms with van der Waals surface area (Å²) in [6.07, 6.45) is 0. The van der Waals surface area contributed by atoms with Crippen molar-refractivity contribution < 1.29 is 14.0 Å². The summed E-state index contributed by atoms with van der Waals surface area (Å²) in [7, 11) is 0. The maximum absolute atomic E-state index is 13.8. The summed E-state index contributed by atoms with van der Waals surface area (Å²) in [5.74, 6) is -1.28. The molecule has 0 aliphatic carbocycles. The molecule has 3 rings (SSSR count). The average Bonchev–Trinajstić information content (AvgIpc) is 2.70. The van der Waals surface area contributed by atoms with Crippen molar-refractivity contribution in [1.29, 1.82) is 0 Å². The topological polar surface area (TPSA) is 84.0 Å². The Kier molecular flexibility index (Phi) is 7.17. The van der Waals surface area contributed by atoms with Crippen LogP contribution in [0, 0.1) is 19.7 Å². The number of rotatable bonds is 5. The Morgan fingerprint density at radius 2 is 1.60 bits per heavy atom. The first-order valence-corrected chi connectivity index (χ1v) is 10.7. The van der Waals surface area contributed by atoms with Crippen molar-refractivity contribution in [3.05, 3.63) is 86.9 Å². The minimum atomic E-state index is -0.741. The molecule has 0 unspecified atom stereocenters. The number of hydrogen-bond donors (Lipinski definition) is 2. The fourth-order valence-electron chi connectivity index (χ4n) is 2.59. The molecule has 1 heterocycles. The lowest BCUT2D eigenvalue weighted by Gasteiger charge is -2.09. The Bertz CT molecular complexity index is 1070. The number of benzene rings is 2. The number of carbonyl (C=O) groups is 2. The van der Waals surface area contributed by atoms with Crippen LogP contribution in [0.15, 0.2) is 58.2 Å². The van der Waals surface area contributed by atoms with Crippen molar-refractivity contribution in [2.75, 3.05) is 0 Å². The van der Waals surface area contributed by atoms with E-state index in [-0.39, 0.29) is 5.56 Å². The molecule has 154 valence electrons. The van der Waals surface area contributed by atoms with E-state index in [9.17, 15) is 14.0 Å². The monoisotopic (exact) mass is 488 g/mol. The van der Waals surface area contributed by atoms with Gasteiger partial charge in [0.05, 0.1) is 5.56 Å². The number of hydrogen-bond acceptors (Lipinski definition) is 5. The van der Waals surface area contributed by atoms with Crippen molar-refractivity contribution in [2.45, 2.75) is 24.8 Å². The molecule has 0 bridgehead atoms. The van der Waals surface area contributed by atoms with Gasteiger partial charge in [-0.3, -0.25) is 20.4 Å². The van der Waals surface area contributed by atoms with Crippen LogP contribution in [-0.4, -0.2) is 21.8 Å². The zero-order valence-corrected chi connectivity index (χ0v) is 18.6. The molecule has 9 heteroatoms. The molecule has 0 radical (unpaired) electrons. The Morgan fingerprint density at radius 3 is 2.23 bits per heavy atom. The number of halogens is 2. The summed E-state index contributed by atoms with van der Waals surface area (Å²) in [5, 5.41) is 0.706. The van der Waals surface area contributed by atoms with E-state index in [1.165, 1.54) is 23.9 Å². The molecular weight excluding hydrogens is 471 g/mol. The first-order valence-electron chi connectivity index (χ1n) is 8.91. The second kappa shape index (κ2) is 9.82. The fraction of sp³-hybridized carbons (Fsp3) is 0.143. The quantitative estimate of drug-likeness (QED) is 0.316. The van der Waals surface area contributed by atoms with Crippen molar-refractivity contribution in [1.82, 2.24) is 20.8 Å². The fourth-order valence-corrected chi connectivity index (χ4v) is 3.82. The number of nitrogens with one attached hydrogen (secondary N) is 2. The predicted molar refractivity (Wildman–Crippen MR) is 117 cm³/mol. The molecule has 2 amide bonds. The highest BCUT2D eigenvalue weighted by atomic mass is 79.9. The third kappa shape index (κ3) is 5.87. The van der Waals surface area contributed by atoms with Crippen LogP contribution in [-0.2, 0) is 5.75 Å². The van der Waals surface area contributed by atoms with E-state index in [1.807, 2.05) is 32.0 Å². The van der Waals surface area contributed by atoms with Gasteiger partial charge in [0, 0.05) is 27.2 Å². The summed E-state index contributed by atoms with van der Waals surface area (Å²) >= 11 is 4.64.